The number of fused-ring (bicyclic) bond motifs is 1. The normalized spacial score (nSPS) is 15.2. The molecule has 0 N–H and O–H groups in total. The molecule has 2 aromatic heterocycles. The number of aryl methyl sites for hydroxylation is 2. The fourth-order valence-electron chi connectivity index (χ4n) is 4.37. The van der Waals surface area contributed by atoms with Crippen molar-refractivity contribution in [2.75, 3.05) is 0 Å². The van der Waals surface area contributed by atoms with Gasteiger partial charge in [-0.3, -0.25) is 14.2 Å². The highest BCUT2D eigenvalue weighted by Gasteiger charge is 2.31. The van der Waals surface area contributed by atoms with E-state index in [0.29, 0.717) is 29.2 Å². The molecule has 0 saturated heterocycles. The second-order valence-electron chi connectivity index (χ2n) is 8.42. The molecular weight excluding hydrogens is 430 g/mol. The number of Topliss-reactive ketones (excluding diaryl/α,β-unsaturated/α-hetero) is 1. The van der Waals surface area contributed by atoms with Crippen molar-refractivity contribution in [2.24, 2.45) is 0 Å². The lowest BCUT2D eigenvalue weighted by atomic mass is 9.81. The molecule has 0 unspecified atom stereocenters. The zero-order valence-electron chi connectivity index (χ0n) is 18.3. The molecular formula is C27H21N3O2S. The zero-order valence-corrected chi connectivity index (χ0v) is 19.1. The molecule has 5 rings (SSSR count). The third-order valence-corrected chi connectivity index (χ3v) is 7.37. The molecule has 1 atom stereocenters. The Balaban J connectivity index is 1.66. The Bertz CT molecular complexity index is 1490. The van der Waals surface area contributed by atoms with Crippen LogP contribution < -0.4 is 5.56 Å². The summed E-state index contributed by atoms with van der Waals surface area (Å²) in [6.07, 6.45) is 2.64. The molecule has 0 radical (unpaired) electrons. The summed E-state index contributed by atoms with van der Waals surface area (Å²) < 4.78 is 1.48. The summed E-state index contributed by atoms with van der Waals surface area (Å²) in [7, 11) is 0. The molecule has 0 amide bonds. The predicted molar refractivity (Wildman–Crippen MR) is 129 cm³/mol. The first-order chi connectivity index (χ1) is 16.0. The minimum absolute atomic E-state index is 0.0241. The third kappa shape index (κ3) is 3.71. The molecule has 1 aliphatic rings. The van der Waals surface area contributed by atoms with Gasteiger partial charge in [0.15, 0.2) is 10.9 Å². The van der Waals surface area contributed by atoms with Crippen LogP contribution in [0.4, 0.5) is 0 Å². The minimum atomic E-state index is -0.432. The van der Waals surface area contributed by atoms with Gasteiger partial charge in [0, 0.05) is 23.9 Å². The number of ketones is 1. The number of benzene rings is 2. The fourth-order valence-corrected chi connectivity index (χ4v) is 5.31. The van der Waals surface area contributed by atoms with Crippen molar-refractivity contribution in [3.8, 4) is 21.6 Å². The van der Waals surface area contributed by atoms with Crippen LogP contribution in [0.15, 0.2) is 65.6 Å². The van der Waals surface area contributed by atoms with Crippen LogP contribution in [-0.2, 0) is 6.42 Å². The first kappa shape index (κ1) is 21.0. The van der Waals surface area contributed by atoms with Crippen molar-refractivity contribution in [1.82, 2.24) is 9.55 Å². The lowest BCUT2D eigenvalue weighted by Gasteiger charge is -2.26. The number of aromatic nitrogens is 2. The van der Waals surface area contributed by atoms with Crippen LogP contribution in [0.25, 0.3) is 15.6 Å². The molecule has 6 heteroatoms. The summed E-state index contributed by atoms with van der Waals surface area (Å²) in [5.41, 5.74) is 5.09. The molecule has 5 nitrogen and oxygen atoms in total. The Morgan fingerprint density at radius 1 is 1.03 bits per heavy atom. The van der Waals surface area contributed by atoms with Crippen molar-refractivity contribution in [3.63, 3.8) is 0 Å². The van der Waals surface area contributed by atoms with Gasteiger partial charge in [-0.1, -0.05) is 59.9 Å². The Hall–Kier alpha value is -3.82. The van der Waals surface area contributed by atoms with E-state index in [1.807, 2.05) is 42.5 Å². The van der Waals surface area contributed by atoms with Gasteiger partial charge in [-0.05, 0) is 54.5 Å². The van der Waals surface area contributed by atoms with Crippen LogP contribution in [-0.4, -0.2) is 15.3 Å². The van der Waals surface area contributed by atoms with E-state index in [4.69, 9.17) is 0 Å². The maximum absolute atomic E-state index is 13.3. The van der Waals surface area contributed by atoms with E-state index in [0.717, 1.165) is 16.0 Å². The summed E-state index contributed by atoms with van der Waals surface area (Å²) in [4.78, 5) is 31.8. The number of rotatable bonds is 3. The van der Waals surface area contributed by atoms with Gasteiger partial charge in [0.05, 0.1) is 4.88 Å². The molecule has 0 spiro atoms. The Morgan fingerprint density at radius 3 is 2.55 bits per heavy atom. The standard InChI is InChI=1S/C27H21N3O2S/c1-16-8-9-19(10-17(16)2)25-15-29-27(33-25)30-23-12-20(18-6-4-3-5-7-18)13-24(31)22(23)11-21(14-28)26(30)32/h3-11,15,20H,12-13H2,1-2H3/t20-/m0/s1. The minimum Gasteiger partial charge on any atom is -0.294 e. The number of pyridine rings is 1. The highest BCUT2D eigenvalue weighted by Crippen LogP contribution is 2.35. The molecule has 2 heterocycles. The summed E-state index contributed by atoms with van der Waals surface area (Å²) in [5.74, 6) is -0.0785. The lowest BCUT2D eigenvalue weighted by Crippen LogP contribution is -2.31. The fraction of sp³-hybridized carbons (Fsp3) is 0.185. The Morgan fingerprint density at radius 2 is 1.82 bits per heavy atom. The van der Waals surface area contributed by atoms with Crippen molar-refractivity contribution in [2.45, 2.75) is 32.6 Å². The average Bonchev–Trinajstić information content (AvgIpc) is 3.30. The lowest BCUT2D eigenvalue weighted by molar-refractivity contribution is 0.0962. The van der Waals surface area contributed by atoms with Crippen molar-refractivity contribution >= 4 is 17.1 Å². The van der Waals surface area contributed by atoms with Gasteiger partial charge >= 0.3 is 0 Å². The number of hydrogen-bond donors (Lipinski definition) is 0. The Kier molecular flexibility index (Phi) is 5.27. The van der Waals surface area contributed by atoms with Gasteiger partial charge in [-0.2, -0.15) is 5.26 Å². The average molecular weight is 452 g/mol. The third-order valence-electron chi connectivity index (χ3n) is 6.34. The number of hydrogen-bond acceptors (Lipinski definition) is 5. The SMILES string of the molecule is Cc1ccc(-c2cnc(-n3c4c(cc(C#N)c3=O)C(=O)C[C@@H](c3ccccc3)C4)s2)cc1C. The summed E-state index contributed by atoms with van der Waals surface area (Å²) in [6, 6.07) is 19.5. The molecule has 1 aliphatic carbocycles. The van der Waals surface area contributed by atoms with E-state index >= 15 is 0 Å². The first-order valence-electron chi connectivity index (χ1n) is 10.8. The number of thiazole rings is 1. The molecule has 0 fully saturated rings. The van der Waals surface area contributed by atoms with Gasteiger partial charge < -0.3 is 0 Å². The number of carbonyl (C=O) groups excluding carboxylic acids is 1. The van der Waals surface area contributed by atoms with E-state index in [2.05, 4.69) is 31.0 Å². The van der Waals surface area contributed by atoms with Crippen molar-refractivity contribution in [1.29, 1.82) is 5.26 Å². The van der Waals surface area contributed by atoms with Crippen LogP contribution in [0.5, 0.6) is 0 Å². The predicted octanol–water partition coefficient (Wildman–Crippen LogP) is 5.36. The number of nitriles is 1. The zero-order chi connectivity index (χ0) is 23.1. The highest BCUT2D eigenvalue weighted by molar-refractivity contribution is 7.17. The number of nitrogens with zero attached hydrogens (tertiary/aromatic N) is 3. The first-order valence-corrected chi connectivity index (χ1v) is 11.6. The Labute approximate surface area is 195 Å². The van der Waals surface area contributed by atoms with E-state index in [1.54, 1.807) is 6.20 Å². The van der Waals surface area contributed by atoms with Crippen LogP contribution in [0.3, 0.4) is 0 Å². The van der Waals surface area contributed by atoms with Gasteiger partial charge in [-0.15, -0.1) is 0 Å². The molecule has 33 heavy (non-hydrogen) atoms. The van der Waals surface area contributed by atoms with Gasteiger partial charge in [0.1, 0.15) is 11.6 Å². The van der Waals surface area contributed by atoms with E-state index in [-0.39, 0.29) is 17.3 Å². The second kappa shape index (κ2) is 8.27. The van der Waals surface area contributed by atoms with Gasteiger partial charge in [-0.25, -0.2) is 4.98 Å². The molecule has 2 aromatic carbocycles. The summed E-state index contributed by atoms with van der Waals surface area (Å²) in [6.45, 7) is 4.13. The smallest absolute Gasteiger partial charge is 0.275 e. The van der Waals surface area contributed by atoms with E-state index < -0.39 is 5.56 Å². The highest BCUT2D eigenvalue weighted by atomic mass is 32.1. The van der Waals surface area contributed by atoms with Crippen LogP contribution >= 0.6 is 11.3 Å². The largest absolute Gasteiger partial charge is 0.294 e. The topological polar surface area (TPSA) is 75.8 Å². The van der Waals surface area contributed by atoms with E-state index in [9.17, 15) is 14.9 Å². The maximum atomic E-state index is 13.3. The monoisotopic (exact) mass is 451 g/mol. The van der Waals surface area contributed by atoms with Crippen LogP contribution in [0, 0.1) is 25.2 Å². The van der Waals surface area contributed by atoms with Crippen LogP contribution in [0.1, 0.15) is 50.6 Å². The van der Waals surface area contributed by atoms with Gasteiger partial charge in [0.2, 0.25) is 0 Å². The van der Waals surface area contributed by atoms with Crippen molar-refractivity contribution < 1.29 is 4.79 Å². The maximum Gasteiger partial charge on any atom is 0.275 e. The summed E-state index contributed by atoms with van der Waals surface area (Å²) in [5, 5.41) is 10.0. The quantitative estimate of drug-likeness (QED) is 0.420. The molecule has 4 aromatic rings. The number of carbonyl (C=O) groups is 1. The molecule has 162 valence electrons. The van der Waals surface area contributed by atoms with Crippen LogP contribution in [0.2, 0.25) is 0 Å². The van der Waals surface area contributed by atoms with Gasteiger partial charge in [0.25, 0.3) is 5.56 Å². The van der Waals surface area contributed by atoms with E-state index in [1.165, 1.54) is 33.1 Å². The molecule has 0 bridgehead atoms. The summed E-state index contributed by atoms with van der Waals surface area (Å²) >= 11 is 1.39. The molecule has 0 aliphatic heterocycles. The molecule has 0 saturated carbocycles. The van der Waals surface area contributed by atoms with Crippen molar-refractivity contribution in [3.05, 3.63) is 105 Å². The second-order valence-corrected chi connectivity index (χ2v) is 9.43.